The molecule has 3 atom stereocenters. The number of aromatic nitrogens is 2. The fourth-order valence-electron chi connectivity index (χ4n) is 4.46. The largest absolute Gasteiger partial charge is 0.465 e. The molecule has 2 bridgehead atoms. The van der Waals surface area contributed by atoms with Gasteiger partial charge in [-0.25, -0.2) is 9.78 Å². The number of halogens is 3. The predicted octanol–water partition coefficient (Wildman–Crippen LogP) is 3.71. The van der Waals surface area contributed by atoms with Crippen LogP contribution in [0.2, 0.25) is 0 Å². The number of rotatable bonds is 6. The number of nitrogens with zero attached hydrogens (tertiary/aromatic N) is 4. The molecule has 0 radical (unpaired) electrons. The number of aldehydes is 1. The van der Waals surface area contributed by atoms with Crippen LogP contribution in [0.4, 0.5) is 24.0 Å². The summed E-state index contributed by atoms with van der Waals surface area (Å²) in [5.74, 6) is 0. The molecule has 33 heavy (non-hydrogen) atoms. The Labute approximate surface area is 188 Å². The van der Waals surface area contributed by atoms with Gasteiger partial charge in [-0.2, -0.15) is 18.2 Å². The van der Waals surface area contributed by atoms with Crippen molar-refractivity contribution in [1.82, 2.24) is 14.9 Å². The summed E-state index contributed by atoms with van der Waals surface area (Å²) in [5, 5.41) is 11.6. The van der Waals surface area contributed by atoms with Crippen molar-refractivity contribution in [3.8, 4) is 10.6 Å². The van der Waals surface area contributed by atoms with Crippen molar-refractivity contribution >= 4 is 40.8 Å². The van der Waals surface area contributed by atoms with E-state index in [9.17, 15) is 27.9 Å². The smallest absolute Gasteiger partial charge is 0.418 e. The van der Waals surface area contributed by atoms with Crippen LogP contribution in [0.1, 0.15) is 18.1 Å². The number of ether oxygens (including phenoxy) is 1. The fraction of sp³-hybridized carbons (Fsp3) is 0.400. The van der Waals surface area contributed by atoms with Crippen LogP contribution >= 0.6 is 11.3 Å². The summed E-state index contributed by atoms with van der Waals surface area (Å²) in [4.78, 5) is 33.8. The number of hydrogen-bond acceptors (Lipinski definition) is 8. The van der Waals surface area contributed by atoms with E-state index in [4.69, 9.17) is 9.15 Å². The van der Waals surface area contributed by atoms with Gasteiger partial charge >= 0.3 is 12.3 Å². The minimum absolute atomic E-state index is 0.0414. The highest BCUT2D eigenvalue weighted by molar-refractivity contribution is 7.13. The number of piperazine rings is 1. The first-order valence-electron chi connectivity index (χ1n) is 9.99. The number of fused-ring (bicyclic) bond motifs is 3. The van der Waals surface area contributed by atoms with Gasteiger partial charge in [-0.3, -0.25) is 4.90 Å². The SMILES string of the molecule is O=CCOC(c1ccc(-c2nccs2)c2oc(N3CC4CC(C3)N4C(=O)O)nc12)C(F)(F)F. The Hall–Kier alpha value is -3.19. The summed E-state index contributed by atoms with van der Waals surface area (Å²) in [5.41, 5.74) is 0.285. The molecule has 13 heteroatoms. The van der Waals surface area contributed by atoms with Gasteiger partial charge in [0.25, 0.3) is 6.01 Å². The summed E-state index contributed by atoms with van der Waals surface area (Å²) in [6.45, 7) is -0.0884. The second kappa shape index (κ2) is 7.99. The molecule has 0 spiro atoms. The van der Waals surface area contributed by atoms with Crippen LogP contribution in [0.5, 0.6) is 0 Å². The number of alkyl halides is 3. The summed E-state index contributed by atoms with van der Waals surface area (Å²) in [6, 6.07) is 2.37. The van der Waals surface area contributed by atoms with Gasteiger partial charge in [0.1, 0.15) is 23.4 Å². The van der Waals surface area contributed by atoms with E-state index in [0.29, 0.717) is 30.1 Å². The number of carboxylic acid groups (broad SMARTS) is 1. The van der Waals surface area contributed by atoms with E-state index in [-0.39, 0.29) is 41.0 Å². The van der Waals surface area contributed by atoms with Crippen LogP contribution < -0.4 is 4.90 Å². The predicted molar refractivity (Wildman–Crippen MR) is 110 cm³/mol. The Kier molecular flexibility index (Phi) is 5.24. The van der Waals surface area contributed by atoms with E-state index in [1.165, 1.54) is 28.4 Å². The van der Waals surface area contributed by atoms with Crippen molar-refractivity contribution < 1.29 is 37.0 Å². The van der Waals surface area contributed by atoms with Gasteiger partial charge in [0.05, 0.1) is 17.6 Å². The van der Waals surface area contributed by atoms with Crippen molar-refractivity contribution in [3.05, 3.63) is 29.3 Å². The quantitative estimate of drug-likeness (QED) is 0.530. The highest BCUT2D eigenvalue weighted by Crippen LogP contribution is 2.43. The van der Waals surface area contributed by atoms with E-state index in [0.717, 1.165) is 0 Å². The van der Waals surface area contributed by atoms with Crippen LogP contribution in [-0.4, -0.2) is 70.3 Å². The van der Waals surface area contributed by atoms with Crippen molar-refractivity contribution in [2.24, 2.45) is 0 Å². The average Bonchev–Trinajstić information content (AvgIpc) is 3.43. The maximum Gasteiger partial charge on any atom is 0.418 e. The molecule has 3 aliphatic rings. The van der Waals surface area contributed by atoms with Crippen LogP contribution in [-0.2, 0) is 9.53 Å². The zero-order valence-corrected chi connectivity index (χ0v) is 17.7. The highest BCUT2D eigenvalue weighted by atomic mass is 32.1. The minimum Gasteiger partial charge on any atom is -0.465 e. The highest BCUT2D eigenvalue weighted by Gasteiger charge is 2.49. The zero-order valence-electron chi connectivity index (χ0n) is 16.9. The van der Waals surface area contributed by atoms with E-state index in [1.54, 1.807) is 16.5 Å². The molecule has 3 saturated heterocycles. The topological polar surface area (TPSA) is 109 Å². The maximum absolute atomic E-state index is 13.8. The lowest BCUT2D eigenvalue weighted by atomic mass is 9.88. The van der Waals surface area contributed by atoms with Gasteiger partial charge in [0.2, 0.25) is 0 Å². The summed E-state index contributed by atoms with van der Waals surface area (Å²) < 4.78 is 52.1. The lowest BCUT2D eigenvalue weighted by Crippen LogP contribution is -2.70. The molecule has 0 saturated carbocycles. The zero-order chi connectivity index (χ0) is 23.3. The first-order valence-corrected chi connectivity index (χ1v) is 10.9. The Morgan fingerprint density at radius 1 is 1.36 bits per heavy atom. The first kappa shape index (κ1) is 21.6. The Balaban J connectivity index is 1.59. The number of benzene rings is 1. The summed E-state index contributed by atoms with van der Waals surface area (Å²) >= 11 is 1.30. The lowest BCUT2D eigenvalue weighted by molar-refractivity contribution is -0.221. The third-order valence-corrected chi connectivity index (χ3v) is 6.63. The van der Waals surface area contributed by atoms with Crippen LogP contribution in [0.15, 0.2) is 28.1 Å². The van der Waals surface area contributed by atoms with Gasteiger partial charge in [-0.05, 0) is 12.5 Å². The lowest BCUT2D eigenvalue weighted by Gasteiger charge is -2.54. The molecule has 174 valence electrons. The molecular weight excluding hydrogens is 465 g/mol. The number of piperidine rings is 1. The molecule has 1 aromatic carbocycles. The van der Waals surface area contributed by atoms with Crippen LogP contribution in [0.25, 0.3) is 21.7 Å². The van der Waals surface area contributed by atoms with Gasteiger partial charge in [-0.1, -0.05) is 6.07 Å². The van der Waals surface area contributed by atoms with E-state index in [1.807, 2.05) is 0 Å². The van der Waals surface area contributed by atoms with Crippen LogP contribution in [0.3, 0.4) is 0 Å². The van der Waals surface area contributed by atoms with Gasteiger partial charge in [0.15, 0.2) is 11.7 Å². The maximum atomic E-state index is 13.8. The number of hydrogen-bond donors (Lipinski definition) is 1. The van der Waals surface area contributed by atoms with Gasteiger partial charge in [-0.15, -0.1) is 11.3 Å². The van der Waals surface area contributed by atoms with Gasteiger partial charge < -0.3 is 24.0 Å². The molecule has 1 N–H and O–H groups in total. The summed E-state index contributed by atoms with van der Waals surface area (Å²) in [7, 11) is 0. The number of amides is 1. The molecule has 1 amide bonds. The molecule has 6 rings (SSSR count). The monoisotopic (exact) mass is 482 g/mol. The molecular formula is C20H17F3N4O5S. The molecule has 2 aromatic heterocycles. The number of carbonyl (C=O) groups is 2. The standard InChI is InChI=1S/C20H17F3N4O5S/c21-20(22,23)16(31-5-4-28)12-1-2-13(17-24-3-6-33-17)15-14(12)25-18(32-15)26-8-10-7-11(9-26)27(10)19(29)30/h1-4,6,10-11,16H,5,7-9H2,(H,29,30). The van der Waals surface area contributed by atoms with Gasteiger partial charge in [0, 0.05) is 30.2 Å². The molecule has 3 fully saturated rings. The third kappa shape index (κ3) is 3.70. The second-order valence-corrected chi connectivity index (χ2v) is 8.67. The molecule has 3 unspecified atom stereocenters. The summed E-state index contributed by atoms with van der Waals surface area (Å²) in [6.07, 6.45) is -5.61. The Morgan fingerprint density at radius 2 is 2.12 bits per heavy atom. The second-order valence-electron chi connectivity index (χ2n) is 7.77. The van der Waals surface area contributed by atoms with Crippen molar-refractivity contribution in [2.45, 2.75) is 30.8 Å². The number of carbonyl (C=O) groups excluding carboxylic acids is 1. The number of thiazole rings is 1. The van der Waals surface area contributed by atoms with Crippen molar-refractivity contribution in [2.75, 3.05) is 24.6 Å². The van der Waals surface area contributed by atoms with E-state index >= 15 is 0 Å². The Bertz CT molecular complexity index is 1190. The average molecular weight is 482 g/mol. The normalized spacial score (nSPS) is 21.2. The Morgan fingerprint density at radius 3 is 2.73 bits per heavy atom. The minimum atomic E-state index is -4.79. The molecule has 3 aromatic rings. The molecule has 5 heterocycles. The fourth-order valence-corrected chi connectivity index (χ4v) is 5.12. The third-order valence-electron chi connectivity index (χ3n) is 5.82. The van der Waals surface area contributed by atoms with E-state index < -0.39 is 25.0 Å². The van der Waals surface area contributed by atoms with Crippen molar-refractivity contribution in [1.29, 1.82) is 0 Å². The first-order chi connectivity index (χ1) is 15.8. The molecule has 0 aliphatic carbocycles. The molecule has 3 aliphatic heterocycles. The number of oxazole rings is 1. The number of anilines is 1. The van der Waals surface area contributed by atoms with E-state index in [2.05, 4.69) is 9.97 Å². The molecule has 9 nitrogen and oxygen atoms in total. The van der Waals surface area contributed by atoms with Crippen molar-refractivity contribution in [3.63, 3.8) is 0 Å². The van der Waals surface area contributed by atoms with Crippen LogP contribution in [0, 0.1) is 0 Å².